The van der Waals surface area contributed by atoms with E-state index in [-0.39, 0.29) is 5.54 Å². The molecule has 0 aliphatic rings. The van der Waals surface area contributed by atoms with Crippen LogP contribution in [0.4, 0.5) is 0 Å². The maximum absolute atomic E-state index is 5.83. The second-order valence-electron chi connectivity index (χ2n) is 4.07. The monoisotopic (exact) mass is 175 g/mol. The van der Waals surface area contributed by atoms with Gasteiger partial charge in [0.1, 0.15) is 0 Å². The predicted octanol–water partition coefficient (Wildman–Crippen LogP) is 2.75. The highest BCUT2D eigenvalue weighted by Crippen LogP contribution is 2.08. The Kier molecular flexibility index (Phi) is 2.89. The summed E-state index contributed by atoms with van der Waals surface area (Å²) in [5, 5.41) is 0. The van der Waals surface area contributed by atoms with Gasteiger partial charge in [-0.3, -0.25) is 0 Å². The summed E-state index contributed by atoms with van der Waals surface area (Å²) in [5.41, 5.74) is 8.08. The van der Waals surface area contributed by atoms with Crippen LogP contribution < -0.4 is 5.73 Å². The molecular weight excluding hydrogens is 158 g/mol. The van der Waals surface area contributed by atoms with E-state index in [2.05, 4.69) is 37.3 Å². The first-order valence-electron chi connectivity index (χ1n) is 4.52. The van der Waals surface area contributed by atoms with Crippen molar-refractivity contribution in [1.29, 1.82) is 0 Å². The molecule has 0 atom stereocenters. The zero-order valence-electron chi connectivity index (χ0n) is 8.54. The van der Waals surface area contributed by atoms with Crippen LogP contribution >= 0.6 is 0 Å². The summed E-state index contributed by atoms with van der Waals surface area (Å²) in [7, 11) is 0. The van der Waals surface area contributed by atoms with E-state index in [0.29, 0.717) is 0 Å². The zero-order chi connectivity index (χ0) is 9.90. The largest absolute Gasteiger partial charge is 0.322 e. The van der Waals surface area contributed by atoms with Gasteiger partial charge in [0, 0.05) is 5.54 Å². The first kappa shape index (κ1) is 10.0. The fraction of sp³-hybridized carbons (Fsp3) is 0.333. The van der Waals surface area contributed by atoms with Gasteiger partial charge in [0.15, 0.2) is 0 Å². The number of rotatable bonds is 2. The van der Waals surface area contributed by atoms with Crippen molar-refractivity contribution in [3.05, 3.63) is 41.5 Å². The SMILES string of the molecule is Cc1ccc(C=CC(C)(C)N)cc1. The van der Waals surface area contributed by atoms with Crippen LogP contribution in [0.1, 0.15) is 25.0 Å². The smallest absolute Gasteiger partial charge is 0.0284 e. The van der Waals surface area contributed by atoms with Gasteiger partial charge in [-0.05, 0) is 26.3 Å². The minimum atomic E-state index is -0.231. The molecule has 0 unspecified atom stereocenters. The molecule has 1 rings (SSSR count). The lowest BCUT2D eigenvalue weighted by Crippen LogP contribution is -2.28. The molecule has 70 valence electrons. The number of benzene rings is 1. The summed E-state index contributed by atoms with van der Waals surface area (Å²) >= 11 is 0. The van der Waals surface area contributed by atoms with E-state index in [1.807, 2.05) is 19.9 Å². The molecule has 1 aromatic rings. The molecule has 0 saturated carbocycles. The van der Waals surface area contributed by atoms with E-state index in [0.717, 1.165) is 0 Å². The Morgan fingerprint density at radius 2 is 1.69 bits per heavy atom. The highest BCUT2D eigenvalue weighted by atomic mass is 14.7. The first-order chi connectivity index (χ1) is 5.97. The van der Waals surface area contributed by atoms with Gasteiger partial charge >= 0.3 is 0 Å². The van der Waals surface area contributed by atoms with Crippen molar-refractivity contribution in [2.75, 3.05) is 0 Å². The molecule has 0 aromatic heterocycles. The molecule has 1 aromatic carbocycles. The molecule has 0 heterocycles. The van der Waals surface area contributed by atoms with Crippen LogP contribution in [0.3, 0.4) is 0 Å². The summed E-state index contributed by atoms with van der Waals surface area (Å²) in [6, 6.07) is 8.39. The highest BCUT2D eigenvalue weighted by Gasteiger charge is 2.03. The Balaban J connectivity index is 2.75. The van der Waals surface area contributed by atoms with E-state index in [1.165, 1.54) is 11.1 Å². The fourth-order valence-electron chi connectivity index (χ4n) is 0.989. The van der Waals surface area contributed by atoms with Crippen molar-refractivity contribution in [2.24, 2.45) is 5.73 Å². The molecule has 0 amide bonds. The molecular formula is C12H17N. The third-order valence-electron chi connectivity index (χ3n) is 1.78. The van der Waals surface area contributed by atoms with E-state index in [1.54, 1.807) is 0 Å². The molecule has 0 aliphatic carbocycles. The van der Waals surface area contributed by atoms with Crippen LogP contribution in [0.25, 0.3) is 6.08 Å². The third kappa shape index (κ3) is 3.90. The zero-order valence-corrected chi connectivity index (χ0v) is 8.54. The van der Waals surface area contributed by atoms with Gasteiger partial charge in [0.2, 0.25) is 0 Å². The molecule has 0 radical (unpaired) electrons. The lowest BCUT2D eigenvalue weighted by molar-refractivity contribution is 0.657. The van der Waals surface area contributed by atoms with Gasteiger partial charge in [-0.15, -0.1) is 0 Å². The average Bonchev–Trinajstić information content (AvgIpc) is 2.02. The minimum absolute atomic E-state index is 0.231. The van der Waals surface area contributed by atoms with Crippen molar-refractivity contribution in [2.45, 2.75) is 26.3 Å². The van der Waals surface area contributed by atoms with Gasteiger partial charge in [0.05, 0.1) is 0 Å². The fourth-order valence-corrected chi connectivity index (χ4v) is 0.989. The lowest BCUT2D eigenvalue weighted by Gasteiger charge is -2.11. The standard InChI is InChI=1S/C12H17N/c1-10-4-6-11(7-5-10)8-9-12(2,3)13/h4-9H,13H2,1-3H3. The summed E-state index contributed by atoms with van der Waals surface area (Å²) in [4.78, 5) is 0. The van der Waals surface area contributed by atoms with Gasteiger partial charge in [0.25, 0.3) is 0 Å². The number of aryl methyl sites for hydroxylation is 1. The molecule has 2 N–H and O–H groups in total. The van der Waals surface area contributed by atoms with E-state index in [9.17, 15) is 0 Å². The van der Waals surface area contributed by atoms with Crippen molar-refractivity contribution < 1.29 is 0 Å². The summed E-state index contributed by atoms with van der Waals surface area (Å²) in [6.45, 7) is 6.05. The number of hydrogen-bond donors (Lipinski definition) is 1. The second-order valence-corrected chi connectivity index (χ2v) is 4.07. The maximum atomic E-state index is 5.83. The molecule has 1 heteroatoms. The molecule has 0 fully saturated rings. The van der Waals surface area contributed by atoms with Crippen molar-refractivity contribution in [3.8, 4) is 0 Å². The Bertz CT molecular complexity index is 288. The lowest BCUT2D eigenvalue weighted by atomic mass is 10.0. The van der Waals surface area contributed by atoms with Crippen molar-refractivity contribution in [3.63, 3.8) is 0 Å². The van der Waals surface area contributed by atoms with Crippen LogP contribution in [0, 0.1) is 6.92 Å². The second kappa shape index (κ2) is 3.75. The van der Waals surface area contributed by atoms with Gasteiger partial charge in [-0.1, -0.05) is 42.0 Å². The molecule has 1 nitrogen and oxygen atoms in total. The molecule has 0 aliphatic heterocycles. The van der Waals surface area contributed by atoms with Crippen LogP contribution in [0.15, 0.2) is 30.3 Å². The van der Waals surface area contributed by atoms with Gasteiger partial charge in [-0.2, -0.15) is 0 Å². The summed E-state index contributed by atoms with van der Waals surface area (Å²) in [5.74, 6) is 0. The molecule has 0 bridgehead atoms. The summed E-state index contributed by atoms with van der Waals surface area (Å²) < 4.78 is 0. The third-order valence-corrected chi connectivity index (χ3v) is 1.78. The van der Waals surface area contributed by atoms with Crippen molar-refractivity contribution in [1.82, 2.24) is 0 Å². The number of nitrogens with two attached hydrogens (primary N) is 1. The Morgan fingerprint density at radius 1 is 1.15 bits per heavy atom. The maximum Gasteiger partial charge on any atom is 0.0284 e. The van der Waals surface area contributed by atoms with Crippen LogP contribution in [0.2, 0.25) is 0 Å². The molecule has 13 heavy (non-hydrogen) atoms. The quantitative estimate of drug-likeness (QED) is 0.735. The van der Waals surface area contributed by atoms with E-state index >= 15 is 0 Å². The molecule has 0 saturated heterocycles. The highest BCUT2D eigenvalue weighted by molar-refractivity contribution is 5.50. The Hall–Kier alpha value is -1.08. The molecule has 0 spiro atoms. The van der Waals surface area contributed by atoms with Crippen LogP contribution in [-0.2, 0) is 0 Å². The van der Waals surface area contributed by atoms with E-state index < -0.39 is 0 Å². The normalized spacial score (nSPS) is 12.3. The Labute approximate surface area is 80.3 Å². The number of hydrogen-bond acceptors (Lipinski definition) is 1. The first-order valence-corrected chi connectivity index (χ1v) is 4.52. The van der Waals surface area contributed by atoms with Gasteiger partial charge in [-0.25, -0.2) is 0 Å². The predicted molar refractivity (Wildman–Crippen MR) is 58.5 cm³/mol. The van der Waals surface area contributed by atoms with Crippen LogP contribution in [-0.4, -0.2) is 5.54 Å². The minimum Gasteiger partial charge on any atom is -0.322 e. The topological polar surface area (TPSA) is 26.0 Å². The Morgan fingerprint density at radius 3 is 2.15 bits per heavy atom. The van der Waals surface area contributed by atoms with E-state index in [4.69, 9.17) is 5.73 Å². The summed E-state index contributed by atoms with van der Waals surface area (Å²) in [6.07, 6.45) is 4.07. The van der Waals surface area contributed by atoms with Gasteiger partial charge < -0.3 is 5.73 Å². The van der Waals surface area contributed by atoms with Crippen LogP contribution in [0.5, 0.6) is 0 Å². The average molecular weight is 175 g/mol. The van der Waals surface area contributed by atoms with Crippen molar-refractivity contribution >= 4 is 6.08 Å².